The molecule has 4 nitrogen and oxygen atoms in total. The molecule has 0 bridgehead atoms. The number of hydrogen-bond acceptors (Lipinski definition) is 3. The Morgan fingerprint density at radius 1 is 1.35 bits per heavy atom. The minimum Gasteiger partial charge on any atom is -0.451 e. The van der Waals surface area contributed by atoms with Crippen LogP contribution in [0.5, 0.6) is 0 Å². The van der Waals surface area contributed by atoms with Crippen LogP contribution in [0, 0.1) is 0 Å². The second kappa shape index (κ2) is 6.59. The summed E-state index contributed by atoms with van der Waals surface area (Å²) in [5.74, 6) is 0.476. The molecule has 0 spiro atoms. The highest BCUT2D eigenvalue weighted by Gasteiger charge is 2.15. The van der Waals surface area contributed by atoms with Gasteiger partial charge < -0.3 is 14.8 Å². The third-order valence-electron chi connectivity index (χ3n) is 2.91. The number of hydrogen-bond donors (Lipinski definition) is 2. The van der Waals surface area contributed by atoms with Crippen LogP contribution in [0.1, 0.15) is 23.9 Å². The van der Waals surface area contributed by atoms with Gasteiger partial charge in [-0.25, -0.2) is 0 Å². The van der Waals surface area contributed by atoms with E-state index in [1.54, 1.807) is 18.2 Å². The average molecular weight is 294 g/mol. The Morgan fingerprint density at radius 2 is 2.10 bits per heavy atom. The molecular formula is C15H16ClNO3. The van der Waals surface area contributed by atoms with Crippen LogP contribution in [-0.4, -0.2) is 23.7 Å². The maximum absolute atomic E-state index is 11.9. The molecule has 2 rings (SSSR count). The van der Waals surface area contributed by atoms with Gasteiger partial charge in [0, 0.05) is 18.2 Å². The Kier molecular flexibility index (Phi) is 4.82. The first-order valence-corrected chi connectivity index (χ1v) is 6.76. The molecule has 0 fully saturated rings. The van der Waals surface area contributed by atoms with Crippen molar-refractivity contribution in [2.45, 2.75) is 19.4 Å². The molecule has 0 radical (unpaired) electrons. The van der Waals surface area contributed by atoms with E-state index in [0.29, 0.717) is 17.2 Å². The van der Waals surface area contributed by atoms with E-state index in [0.717, 1.165) is 5.56 Å². The lowest BCUT2D eigenvalue weighted by atomic mass is 10.2. The molecule has 106 valence electrons. The number of carbonyl (C=O) groups excluding carboxylic acids is 1. The van der Waals surface area contributed by atoms with Crippen molar-refractivity contribution in [3.05, 3.63) is 47.2 Å². The number of aliphatic hydroxyl groups excluding tert-OH is 1. The number of carbonyl (C=O) groups is 1. The number of nitrogens with one attached hydrogen (secondary N) is 1. The van der Waals surface area contributed by atoms with E-state index >= 15 is 0 Å². The Labute approximate surface area is 122 Å². The standard InChI is InChI=1S/C15H16ClNO3/c1-10(8-9-18)17-15(19)14-7-6-13(20-14)11-4-2-3-5-12(11)16/h2-7,10,18H,8-9H2,1H3,(H,17,19). The van der Waals surface area contributed by atoms with Crippen molar-refractivity contribution in [1.82, 2.24) is 5.32 Å². The normalized spacial score (nSPS) is 12.2. The molecule has 2 N–H and O–H groups in total. The quantitative estimate of drug-likeness (QED) is 0.890. The van der Waals surface area contributed by atoms with Crippen LogP contribution < -0.4 is 5.32 Å². The van der Waals surface area contributed by atoms with Crippen LogP contribution in [0.4, 0.5) is 0 Å². The molecule has 0 saturated heterocycles. The van der Waals surface area contributed by atoms with Crippen molar-refractivity contribution in [1.29, 1.82) is 0 Å². The van der Waals surface area contributed by atoms with Crippen molar-refractivity contribution < 1.29 is 14.3 Å². The summed E-state index contributed by atoms with van der Waals surface area (Å²) in [6, 6.07) is 10.5. The molecule has 1 amide bonds. The predicted molar refractivity (Wildman–Crippen MR) is 77.8 cm³/mol. The molecule has 2 aromatic rings. The lowest BCUT2D eigenvalue weighted by Gasteiger charge is -2.10. The first-order chi connectivity index (χ1) is 9.61. The third kappa shape index (κ3) is 3.40. The Morgan fingerprint density at radius 3 is 2.80 bits per heavy atom. The van der Waals surface area contributed by atoms with Crippen molar-refractivity contribution in [3.8, 4) is 11.3 Å². The summed E-state index contributed by atoms with van der Waals surface area (Å²) >= 11 is 6.08. The van der Waals surface area contributed by atoms with Gasteiger partial charge in [0.05, 0.1) is 5.02 Å². The van der Waals surface area contributed by atoms with Gasteiger partial charge in [0.1, 0.15) is 5.76 Å². The number of halogens is 1. The molecule has 1 aromatic heterocycles. The van der Waals surface area contributed by atoms with Gasteiger partial charge in [0.25, 0.3) is 5.91 Å². The lowest BCUT2D eigenvalue weighted by molar-refractivity contribution is 0.0907. The molecule has 0 aliphatic carbocycles. The average Bonchev–Trinajstić information content (AvgIpc) is 2.89. The fraction of sp³-hybridized carbons (Fsp3) is 0.267. The first-order valence-electron chi connectivity index (χ1n) is 6.38. The number of rotatable bonds is 5. The molecule has 1 atom stereocenters. The van der Waals surface area contributed by atoms with Crippen molar-refractivity contribution in [3.63, 3.8) is 0 Å². The van der Waals surface area contributed by atoms with Crippen LogP contribution in [0.3, 0.4) is 0 Å². The van der Waals surface area contributed by atoms with E-state index in [1.807, 2.05) is 25.1 Å². The van der Waals surface area contributed by atoms with Gasteiger partial charge in [-0.2, -0.15) is 0 Å². The summed E-state index contributed by atoms with van der Waals surface area (Å²) in [4.78, 5) is 11.9. The van der Waals surface area contributed by atoms with E-state index in [-0.39, 0.29) is 24.3 Å². The minimum absolute atomic E-state index is 0.0322. The molecule has 1 aromatic carbocycles. The number of benzene rings is 1. The topological polar surface area (TPSA) is 62.5 Å². The van der Waals surface area contributed by atoms with Gasteiger partial charge >= 0.3 is 0 Å². The van der Waals surface area contributed by atoms with Gasteiger partial charge in [-0.1, -0.05) is 23.7 Å². The molecule has 20 heavy (non-hydrogen) atoms. The molecular weight excluding hydrogens is 278 g/mol. The van der Waals surface area contributed by atoms with E-state index in [2.05, 4.69) is 5.32 Å². The summed E-state index contributed by atoms with van der Waals surface area (Å²) < 4.78 is 5.53. The summed E-state index contributed by atoms with van der Waals surface area (Å²) in [5.41, 5.74) is 0.747. The van der Waals surface area contributed by atoms with E-state index < -0.39 is 0 Å². The zero-order valence-electron chi connectivity index (χ0n) is 11.1. The summed E-state index contributed by atoms with van der Waals surface area (Å²) in [6.45, 7) is 1.86. The van der Waals surface area contributed by atoms with Crippen molar-refractivity contribution in [2.75, 3.05) is 6.61 Å². The zero-order valence-corrected chi connectivity index (χ0v) is 11.9. The smallest absolute Gasteiger partial charge is 0.287 e. The lowest BCUT2D eigenvalue weighted by Crippen LogP contribution is -2.32. The Bertz CT molecular complexity index is 594. The second-order valence-corrected chi connectivity index (χ2v) is 4.94. The van der Waals surface area contributed by atoms with E-state index in [4.69, 9.17) is 21.1 Å². The molecule has 0 saturated carbocycles. The van der Waals surface area contributed by atoms with Crippen LogP contribution >= 0.6 is 11.6 Å². The minimum atomic E-state index is -0.302. The largest absolute Gasteiger partial charge is 0.451 e. The van der Waals surface area contributed by atoms with Gasteiger partial charge in [0.15, 0.2) is 5.76 Å². The maximum Gasteiger partial charge on any atom is 0.287 e. The number of aliphatic hydroxyl groups is 1. The van der Waals surface area contributed by atoms with Crippen LogP contribution in [0.15, 0.2) is 40.8 Å². The van der Waals surface area contributed by atoms with Crippen LogP contribution in [0.2, 0.25) is 5.02 Å². The first kappa shape index (κ1) is 14.6. The second-order valence-electron chi connectivity index (χ2n) is 4.53. The fourth-order valence-electron chi connectivity index (χ4n) is 1.83. The van der Waals surface area contributed by atoms with Gasteiger partial charge in [-0.3, -0.25) is 4.79 Å². The molecule has 1 heterocycles. The van der Waals surface area contributed by atoms with Crippen molar-refractivity contribution in [2.24, 2.45) is 0 Å². The fourth-order valence-corrected chi connectivity index (χ4v) is 2.06. The molecule has 5 heteroatoms. The van der Waals surface area contributed by atoms with Gasteiger partial charge in [-0.05, 0) is 37.6 Å². The SMILES string of the molecule is CC(CCO)NC(=O)c1ccc(-c2ccccc2Cl)o1. The highest BCUT2D eigenvalue weighted by atomic mass is 35.5. The highest BCUT2D eigenvalue weighted by Crippen LogP contribution is 2.28. The van der Waals surface area contributed by atoms with Gasteiger partial charge in [-0.15, -0.1) is 0 Å². The van der Waals surface area contributed by atoms with E-state index in [9.17, 15) is 4.79 Å². The third-order valence-corrected chi connectivity index (χ3v) is 3.24. The molecule has 1 unspecified atom stereocenters. The predicted octanol–water partition coefficient (Wildman–Crippen LogP) is 3.10. The Hall–Kier alpha value is -1.78. The summed E-state index contributed by atoms with van der Waals surface area (Å²) in [5, 5.41) is 12.1. The summed E-state index contributed by atoms with van der Waals surface area (Å²) in [7, 11) is 0. The monoisotopic (exact) mass is 293 g/mol. The zero-order chi connectivity index (χ0) is 14.5. The Balaban J connectivity index is 2.13. The molecule has 0 aliphatic rings. The van der Waals surface area contributed by atoms with Crippen LogP contribution in [-0.2, 0) is 0 Å². The number of amides is 1. The summed E-state index contributed by atoms with van der Waals surface area (Å²) in [6.07, 6.45) is 0.504. The molecule has 0 aliphatic heterocycles. The maximum atomic E-state index is 11.9. The van der Waals surface area contributed by atoms with E-state index in [1.165, 1.54) is 0 Å². The van der Waals surface area contributed by atoms with Crippen molar-refractivity contribution >= 4 is 17.5 Å². The van der Waals surface area contributed by atoms with Gasteiger partial charge in [0.2, 0.25) is 0 Å². The highest BCUT2D eigenvalue weighted by molar-refractivity contribution is 6.33. The van der Waals surface area contributed by atoms with Crippen LogP contribution in [0.25, 0.3) is 11.3 Å². The number of furan rings is 1.